The number of aromatic nitrogens is 1. The van der Waals surface area contributed by atoms with Crippen molar-refractivity contribution in [3.05, 3.63) is 95.4 Å². The molecule has 2 N–H and O–H groups in total. The number of rotatable bonds is 13. The van der Waals surface area contributed by atoms with Crippen LogP contribution in [0.5, 0.6) is 0 Å². The van der Waals surface area contributed by atoms with Gasteiger partial charge in [0.1, 0.15) is 5.82 Å². The fraction of sp³-hybridized carbons (Fsp3) is 0.345. The molecular weight excluding hydrogens is 535 g/mol. The van der Waals surface area contributed by atoms with Crippen LogP contribution in [0.4, 0.5) is 4.39 Å². The number of sulfonamides is 1. The maximum absolute atomic E-state index is 13.3. The van der Waals surface area contributed by atoms with E-state index in [1.807, 2.05) is 30.3 Å². The lowest BCUT2D eigenvalue weighted by atomic mass is 9.98. The molecule has 1 atom stereocenters. The number of benzene rings is 2. The predicted octanol–water partition coefficient (Wildman–Crippen LogP) is 2.37. The zero-order chi connectivity index (χ0) is 28.4. The van der Waals surface area contributed by atoms with E-state index in [1.165, 1.54) is 36.5 Å². The number of ether oxygens (including phenoxy) is 1. The average molecular weight is 569 g/mol. The molecule has 40 heavy (non-hydrogen) atoms. The van der Waals surface area contributed by atoms with Gasteiger partial charge in [0.15, 0.2) is 10.8 Å². The van der Waals surface area contributed by atoms with Gasteiger partial charge in [-0.2, -0.15) is 0 Å². The average Bonchev–Trinajstić information content (AvgIpc) is 2.97. The Kier molecular flexibility index (Phi) is 10.5. The molecule has 2 aromatic carbocycles. The molecule has 11 heteroatoms. The van der Waals surface area contributed by atoms with Gasteiger partial charge < -0.3 is 10.1 Å². The second kappa shape index (κ2) is 14.2. The fourth-order valence-electron chi connectivity index (χ4n) is 4.34. The van der Waals surface area contributed by atoms with Gasteiger partial charge in [-0.3, -0.25) is 14.5 Å². The van der Waals surface area contributed by atoms with Crippen molar-refractivity contribution in [2.75, 3.05) is 39.4 Å². The Morgan fingerprint density at radius 1 is 0.975 bits per heavy atom. The van der Waals surface area contributed by atoms with Gasteiger partial charge in [0.05, 0.1) is 19.3 Å². The van der Waals surface area contributed by atoms with Gasteiger partial charge in [-0.15, -0.1) is 0 Å². The summed E-state index contributed by atoms with van der Waals surface area (Å²) in [5.41, 5.74) is 1.62. The summed E-state index contributed by atoms with van der Waals surface area (Å²) in [4.78, 5) is 32.4. The molecule has 4 rings (SSSR count). The van der Waals surface area contributed by atoms with Crippen molar-refractivity contribution in [3.63, 3.8) is 0 Å². The van der Waals surface area contributed by atoms with Crippen LogP contribution in [-0.2, 0) is 32.4 Å². The van der Waals surface area contributed by atoms with Crippen molar-refractivity contribution in [1.29, 1.82) is 0 Å². The van der Waals surface area contributed by atoms with E-state index in [4.69, 9.17) is 4.74 Å². The van der Waals surface area contributed by atoms with Crippen LogP contribution in [0, 0.1) is 5.82 Å². The summed E-state index contributed by atoms with van der Waals surface area (Å²) in [5.74, 6) is -1.22. The number of ketones is 1. The van der Waals surface area contributed by atoms with Crippen molar-refractivity contribution in [2.45, 2.75) is 30.3 Å². The van der Waals surface area contributed by atoms with Crippen molar-refractivity contribution >= 4 is 21.7 Å². The van der Waals surface area contributed by atoms with E-state index in [0.717, 1.165) is 25.2 Å². The van der Waals surface area contributed by atoms with Crippen LogP contribution in [0.2, 0.25) is 0 Å². The Morgan fingerprint density at radius 3 is 2.38 bits per heavy atom. The van der Waals surface area contributed by atoms with Crippen LogP contribution < -0.4 is 10.0 Å². The van der Waals surface area contributed by atoms with Crippen LogP contribution in [0.15, 0.2) is 78.0 Å². The van der Waals surface area contributed by atoms with E-state index in [2.05, 4.69) is 19.9 Å². The summed E-state index contributed by atoms with van der Waals surface area (Å²) in [5, 5.41) is 2.64. The van der Waals surface area contributed by atoms with E-state index < -0.39 is 27.8 Å². The Morgan fingerprint density at radius 2 is 1.70 bits per heavy atom. The van der Waals surface area contributed by atoms with E-state index >= 15 is 0 Å². The third-order valence-corrected chi connectivity index (χ3v) is 7.96. The van der Waals surface area contributed by atoms with E-state index in [0.29, 0.717) is 25.2 Å². The van der Waals surface area contributed by atoms with E-state index in [-0.39, 0.29) is 35.8 Å². The molecule has 1 amide bonds. The number of nitrogens with zero attached hydrogens (tertiary/aromatic N) is 2. The topological polar surface area (TPSA) is 118 Å². The standard InChI is InChI=1S/C29H33FN4O5S/c30-25-10-8-24(9-11-25)29(36)33-26(19-22-5-2-1-3-6-22)27(35)20-23-7-12-28(31-21-23)40(37,38)32-13-4-14-34-15-17-39-18-16-34/h1-3,5-12,21,26,32H,4,13-20H2,(H,33,36)/t26-/m0/s1. The first-order valence-electron chi connectivity index (χ1n) is 13.2. The summed E-state index contributed by atoms with van der Waals surface area (Å²) in [6.07, 6.45) is 2.24. The fourth-order valence-corrected chi connectivity index (χ4v) is 5.34. The summed E-state index contributed by atoms with van der Waals surface area (Å²) in [7, 11) is -3.79. The SMILES string of the molecule is O=C(N[C@@H](Cc1ccccc1)C(=O)Cc1ccc(S(=O)(=O)NCCCN2CCOCC2)nc1)c1ccc(F)cc1. The lowest BCUT2D eigenvalue weighted by Crippen LogP contribution is -2.43. The Hall–Kier alpha value is -3.51. The third kappa shape index (κ3) is 8.75. The van der Waals surface area contributed by atoms with Gasteiger partial charge in [0.2, 0.25) is 0 Å². The highest BCUT2D eigenvalue weighted by atomic mass is 32.2. The summed E-state index contributed by atoms with van der Waals surface area (Å²) in [6.45, 7) is 4.14. The number of amides is 1. The minimum atomic E-state index is -3.79. The number of carbonyl (C=O) groups is 2. The first-order valence-corrected chi connectivity index (χ1v) is 14.7. The first-order chi connectivity index (χ1) is 19.3. The molecule has 0 saturated carbocycles. The van der Waals surface area contributed by atoms with Gasteiger partial charge in [-0.05, 0) is 60.8 Å². The molecule has 0 aliphatic carbocycles. The molecule has 212 valence electrons. The monoisotopic (exact) mass is 568 g/mol. The molecule has 1 aliphatic heterocycles. The Balaban J connectivity index is 1.36. The van der Waals surface area contributed by atoms with E-state index in [9.17, 15) is 22.4 Å². The number of hydrogen-bond acceptors (Lipinski definition) is 7. The van der Waals surface area contributed by atoms with Gasteiger partial charge >= 0.3 is 0 Å². The maximum Gasteiger partial charge on any atom is 0.258 e. The maximum atomic E-state index is 13.3. The molecule has 1 aliphatic rings. The number of carbonyl (C=O) groups excluding carboxylic acids is 2. The number of Topliss-reactive ketones (excluding diaryl/α,β-unsaturated/α-hetero) is 1. The highest BCUT2D eigenvalue weighted by molar-refractivity contribution is 7.89. The third-order valence-electron chi connectivity index (χ3n) is 6.58. The first kappa shape index (κ1) is 29.5. The zero-order valence-corrected chi connectivity index (χ0v) is 22.9. The lowest BCUT2D eigenvalue weighted by Gasteiger charge is -2.26. The molecule has 9 nitrogen and oxygen atoms in total. The molecule has 1 saturated heterocycles. The molecule has 3 aromatic rings. The summed E-state index contributed by atoms with van der Waals surface area (Å²) < 4.78 is 46.5. The smallest absolute Gasteiger partial charge is 0.258 e. The molecule has 0 bridgehead atoms. The highest BCUT2D eigenvalue weighted by Gasteiger charge is 2.23. The van der Waals surface area contributed by atoms with Crippen LogP contribution in [0.1, 0.15) is 27.9 Å². The number of morpholine rings is 1. The molecule has 0 unspecified atom stereocenters. The number of halogens is 1. The largest absolute Gasteiger partial charge is 0.379 e. The van der Waals surface area contributed by atoms with E-state index in [1.54, 1.807) is 6.07 Å². The van der Waals surface area contributed by atoms with Crippen LogP contribution in [-0.4, -0.2) is 75.4 Å². The normalized spacial score (nSPS) is 14.9. The predicted molar refractivity (Wildman–Crippen MR) is 148 cm³/mol. The minimum Gasteiger partial charge on any atom is -0.379 e. The molecule has 2 heterocycles. The molecular formula is C29H33FN4O5S. The Bertz CT molecular complexity index is 1360. The number of pyridine rings is 1. The molecule has 0 spiro atoms. The van der Waals surface area contributed by atoms with Gasteiger partial charge in [0.25, 0.3) is 15.9 Å². The zero-order valence-electron chi connectivity index (χ0n) is 22.1. The molecule has 1 aromatic heterocycles. The van der Waals surface area contributed by atoms with Gasteiger partial charge in [-0.25, -0.2) is 22.5 Å². The van der Waals surface area contributed by atoms with Crippen molar-refractivity contribution in [2.24, 2.45) is 0 Å². The van der Waals surface area contributed by atoms with Crippen molar-refractivity contribution in [3.8, 4) is 0 Å². The number of hydrogen-bond donors (Lipinski definition) is 2. The second-order valence-electron chi connectivity index (χ2n) is 9.58. The van der Waals surface area contributed by atoms with Gasteiger partial charge in [-0.1, -0.05) is 36.4 Å². The summed E-state index contributed by atoms with van der Waals surface area (Å²) in [6, 6.07) is 16.4. The number of nitrogens with one attached hydrogen (secondary N) is 2. The molecule has 0 radical (unpaired) electrons. The lowest BCUT2D eigenvalue weighted by molar-refractivity contribution is -0.120. The molecule has 1 fully saturated rings. The Labute approximate surface area is 233 Å². The van der Waals surface area contributed by atoms with Crippen molar-refractivity contribution in [1.82, 2.24) is 19.9 Å². The second-order valence-corrected chi connectivity index (χ2v) is 11.3. The van der Waals surface area contributed by atoms with Crippen LogP contribution in [0.3, 0.4) is 0 Å². The van der Waals surface area contributed by atoms with Crippen molar-refractivity contribution < 1.29 is 27.1 Å². The summed E-state index contributed by atoms with van der Waals surface area (Å²) >= 11 is 0. The van der Waals surface area contributed by atoms with Crippen LogP contribution >= 0.6 is 0 Å². The quantitative estimate of drug-likeness (QED) is 0.304. The minimum absolute atomic E-state index is 0.0541. The highest BCUT2D eigenvalue weighted by Crippen LogP contribution is 2.12. The van der Waals surface area contributed by atoms with Gasteiger partial charge in [0, 0.05) is 37.8 Å². The van der Waals surface area contributed by atoms with Crippen LogP contribution in [0.25, 0.3) is 0 Å².